The molecule has 0 aliphatic heterocycles. The lowest BCUT2D eigenvalue weighted by atomic mass is 10.1. The predicted molar refractivity (Wildman–Crippen MR) is 68.7 cm³/mol. The first-order chi connectivity index (χ1) is 7.64. The molecule has 5 heteroatoms. The summed E-state index contributed by atoms with van der Waals surface area (Å²) < 4.78 is 2.06. The molecular formula is C11H21N3OS. The SMILES string of the molecule is CSCC(C)(O)CNCCCn1ccnc1. The summed E-state index contributed by atoms with van der Waals surface area (Å²) in [6.07, 6.45) is 8.63. The molecule has 0 spiro atoms. The summed E-state index contributed by atoms with van der Waals surface area (Å²) >= 11 is 1.67. The summed E-state index contributed by atoms with van der Waals surface area (Å²) in [5.41, 5.74) is -0.603. The summed E-state index contributed by atoms with van der Waals surface area (Å²) in [4.78, 5) is 3.98. The van der Waals surface area contributed by atoms with E-state index in [2.05, 4.69) is 14.9 Å². The summed E-state index contributed by atoms with van der Waals surface area (Å²) in [7, 11) is 0. The van der Waals surface area contributed by atoms with Gasteiger partial charge in [0, 0.05) is 31.2 Å². The molecule has 92 valence electrons. The van der Waals surface area contributed by atoms with Crippen LogP contribution in [0, 0.1) is 0 Å². The number of aryl methyl sites for hydroxylation is 1. The van der Waals surface area contributed by atoms with Crippen molar-refractivity contribution < 1.29 is 5.11 Å². The molecule has 0 radical (unpaired) electrons. The predicted octanol–water partition coefficient (Wildman–Crippen LogP) is 0.977. The highest BCUT2D eigenvalue weighted by Gasteiger charge is 2.18. The van der Waals surface area contributed by atoms with Gasteiger partial charge >= 0.3 is 0 Å². The van der Waals surface area contributed by atoms with E-state index in [0.29, 0.717) is 6.54 Å². The van der Waals surface area contributed by atoms with Crippen LogP contribution in [0.1, 0.15) is 13.3 Å². The molecule has 0 saturated carbocycles. The van der Waals surface area contributed by atoms with Gasteiger partial charge in [0.25, 0.3) is 0 Å². The Kier molecular flexibility index (Phi) is 5.87. The van der Waals surface area contributed by atoms with E-state index in [9.17, 15) is 5.11 Å². The van der Waals surface area contributed by atoms with Gasteiger partial charge in [-0.25, -0.2) is 4.98 Å². The first kappa shape index (κ1) is 13.5. The topological polar surface area (TPSA) is 50.1 Å². The van der Waals surface area contributed by atoms with E-state index >= 15 is 0 Å². The molecule has 0 amide bonds. The lowest BCUT2D eigenvalue weighted by Gasteiger charge is -2.22. The number of aliphatic hydroxyl groups is 1. The molecule has 0 aliphatic carbocycles. The molecule has 1 atom stereocenters. The van der Waals surface area contributed by atoms with Gasteiger partial charge in [0.15, 0.2) is 0 Å². The number of hydrogen-bond acceptors (Lipinski definition) is 4. The Morgan fingerprint density at radius 1 is 1.56 bits per heavy atom. The molecular weight excluding hydrogens is 222 g/mol. The number of aromatic nitrogens is 2. The minimum Gasteiger partial charge on any atom is -0.388 e. The fraction of sp³-hybridized carbons (Fsp3) is 0.727. The van der Waals surface area contributed by atoms with Crippen LogP contribution in [0.5, 0.6) is 0 Å². The molecule has 0 aliphatic rings. The molecule has 4 nitrogen and oxygen atoms in total. The van der Waals surface area contributed by atoms with Crippen LogP contribution in [0.15, 0.2) is 18.7 Å². The van der Waals surface area contributed by atoms with Crippen LogP contribution in [0.2, 0.25) is 0 Å². The van der Waals surface area contributed by atoms with Gasteiger partial charge in [-0.05, 0) is 26.1 Å². The molecule has 1 unspecified atom stereocenters. The van der Waals surface area contributed by atoms with Gasteiger partial charge in [0.1, 0.15) is 0 Å². The molecule has 16 heavy (non-hydrogen) atoms. The van der Waals surface area contributed by atoms with Crippen LogP contribution in [-0.2, 0) is 6.54 Å². The Bertz CT molecular complexity index is 275. The highest BCUT2D eigenvalue weighted by atomic mass is 32.2. The Balaban J connectivity index is 2.03. The van der Waals surface area contributed by atoms with Gasteiger partial charge in [0.05, 0.1) is 11.9 Å². The highest BCUT2D eigenvalue weighted by molar-refractivity contribution is 7.98. The second-order valence-electron chi connectivity index (χ2n) is 4.26. The van der Waals surface area contributed by atoms with E-state index in [1.807, 2.05) is 25.7 Å². The molecule has 1 aromatic rings. The van der Waals surface area contributed by atoms with Gasteiger partial charge in [-0.15, -0.1) is 0 Å². The van der Waals surface area contributed by atoms with Crippen molar-refractivity contribution in [1.82, 2.24) is 14.9 Å². The Morgan fingerprint density at radius 2 is 2.38 bits per heavy atom. The second kappa shape index (κ2) is 6.93. The van der Waals surface area contributed by atoms with Crippen LogP contribution < -0.4 is 5.32 Å². The highest BCUT2D eigenvalue weighted by Crippen LogP contribution is 2.08. The van der Waals surface area contributed by atoms with Crippen LogP contribution >= 0.6 is 11.8 Å². The van der Waals surface area contributed by atoms with E-state index < -0.39 is 5.60 Å². The number of nitrogens with one attached hydrogen (secondary N) is 1. The monoisotopic (exact) mass is 243 g/mol. The maximum absolute atomic E-state index is 9.90. The molecule has 1 heterocycles. The maximum atomic E-state index is 9.90. The van der Waals surface area contributed by atoms with Crippen LogP contribution in [0.25, 0.3) is 0 Å². The largest absolute Gasteiger partial charge is 0.388 e. The van der Waals surface area contributed by atoms with Gasteiger partial charge < -0.3 is 15.0 Å². The van der Waals surface area contributed by atoms with Crippen molar-refractivity contribution in [2.24, 2.45) is 0 Å². The van der Waals surface area contributed by atoms with Crippen molar-refractivity contribution >= 4 is 11.8 Å². The average Bonchev–Trinajstić information content (AvgIpc) is 2.69. The summed E-state index contributed by atoms with van der Waals surface area (Å²) in [5.74, 6) is 0.765. The molecule has 0 fully saturated rings. The summed E-state index contributed by atoms with van der Waals surface area (Å²) in [5, 5.41) is 13.2. The number of imidazole rings is 1. The van der Waals surface area contributed by atoms with Crippen molar-refractivity contribution in [3.05, 3.63) is 18.7 Å². The molecule has 2 N–H and O–H groups in total. The van der Waals surface area contributed by atoms with Gasteiger partial charge in [-0.1, -0.05) is 0 Å². The zero-order valence-corrected chi connectivity index (χ0v) is 10.8. The molecule has 0 aromatic carbocycles. The van der Waals surface area contributed by atoms with Gasteiger partial charge in [-0.2, -0.15) is 11.8 Å². The lowest BCUT2D eigenvalue weighted by Crippen LogP contribution is -2.40. The van der Waals surface area contributed by atoms with Crippen LogP contribution in [0.3, 0.4) is 0 Å². The quantitative estimate of drug-likeness (QED) is 0.668. The second-order valence-corrected chi connectivity index (χ2v) is 5.13. The lowest BCUT2D eigenvalue weighted by molar-refractivity contribution is 0.0849. The third-order valence-electron chi connectivity index (χ3n) is 2.29. The van der Waals surface area contributed by atoms with E-state index in [-0.39, 0.29) is 0 Å². The van der Waals surface area contributed by atoms with E-state index in [1.54, 1.807) is 18.0 Å². The molecule has 0 saturated heterocycles. The smallest absolute Gasteiger partial charge is 0.0945 e. The Labute approximate surface area is 101 Å². The van der Waals surface area contributed by atoms with Crippen molar-refractivity contribution in [1.29, 1.82) is 0 Å². The van der Waals surface area contributed by atoms with Crippen molar-refractivity contribution in [2.75, 3.05) is 25.1 Å². The van der Waals surface area contributed by atoms with Crippen molar-refractivity contribution in [3.8, 4) is 0 Å². The van der Waals surface area contributed by atoms with Crippen molar-refractivity contribution in [3.63, 3.8) is 0 Å². The first-order valence-electron chi connectivity index (χ1n) is 5.52. The standard InChI is InChI=1S/C11H21N3OS/c1-11(15,9-16-2)8-12-4-3-6-14-7-5-13-10-14/h5,7,10,12,15H,3-4,6,8-9H2,1-2H3. The van der Waals surface area contributed by atoms with E-state index in [1.165, 1.54) is 0 Å². The van der Waals surface area contributed by atoms with E-state index in [4.69, 9.17) is 0 Å². The zero-order valence-electron chi connectivity index (χ0n) is 10.0. The number of hydrogen-bond donors (Lipinski definition) is 2. The van der Waals surface area contributed by atoms with Crippen LogP contribution in [-0.4, -0.2) is 45.4 Å². The number of nitrogens with zero attached hydrogens (tertiary/aromatic N) is 2. The van der Waals surface area contributed by atoms with E-state index in [0.717, 1.165) is 25.3 Å². The maximum Gasteiger partial charge on any atom is 0.0945 e. The third-order valence-corrected chi connectivity index (χ3v) is 3.20. The molecule has 0 bridgehead atoms. The fourth-order valence-electron chi connectivity index (χ4n) is 1.53. The summed E-state index contributed by atoms with van der Waals surface area (Å²) in [6, 6.07) is 0. The Morgan fingerprint density at radius 3 is 3.00 bits per heavy atom. The molecule has 1 rings (SSSR count). The zero-order chi connectivity index (χ0) is 11.9. The fourth-order valence-corrected chi connectivity index (χ4v) is 2.25. The van der Waals surface area contributed by atoms with Gasteiger partial charge in [-0.3, -0.25) is 0 Å². The number of rotatable bonds is 8. The third kappa shape index (κ3) is 5.53. The molecule has 1 aromatic heterocycles. The Hall–Kier alpha value is -0.520. The summed E-state index contributed by atoms with van der Waals surface area (Å²) in [6.45, 7) is 4.41. The van der Waals surface area contributed by atoms with Crippen LogP contribution in [0.4, 0.5) is 0 Å². The van der Waals surface area contributed by atoms with Crippen molar-refractivity contribution in [2.45, 2.75) is 25.5 Å². The average molecular weight is 243 g/mol. The minimum atomic E-state index is -0.603. The first-order valence-corrected chi connectivity index (χ1v) is 6.91. The number of thioether (sulfide) groups is 1. The minimum absolute atomic E-state index is 0.603. The van der Waals surface area contributed by atoms with Gasteiger partial charge in [0.2, 0.25) is 0 Å². The normalized spacial score (nSPS) is 14.9.